The molecule has 0 aromatic heterocycles. The molecule has 0 heterocycles. The molecular weight excluding hydrogens is 218 g/mol. The van der Waals surface area contributed by atoms with Crippen molar-refractivity contribution in [3.8, 4) is 0 Å². The summed E-state index contributed by atoms with van der Waals surface area (Å²) in [5.74, 6) is 0.671. The summed E-state index contributed by atoms with van der Waals surface area (Å²) in [5, 5.41) is 4.58. The highest BCUT2D eigenvalue weighted by molar-refractivity contribution is 6.30. The van der Waals surface area contributed by atoms with Crippen molar-refractivity contribution in [2.45, 2.75) is 45.2 Å². The second kappa shape index (κ2) is 4.38. The van der Waals surface area contributed by atoms with Crippen LogP contribution in [-0.4, -0.2) is 6.04 Å². The molecular formula is C14H20ClN. The van der Waals surface area contributed by atoms with Crippen LogP contribution < -0.4 is 5.32 Å². The molecule has 0 amide bonds. The molecule has 1 nitrogen and oxygen atoms in total. The van der Waals surface area contributed by atoms with Crippen molar-refractivity contribution < 1.29 is 0 Å². The van der Waals surface area contributed by atoms with Crippen molar-refractivity contribution in [3.05, 3.63) is 34.9 Å². The number of rotatable bonds is 4. The SMILES string of the molecule is CC(C)C(C)NC1(c2ccc(Cl)cc2)CC1. The topological polar surface area (TPSA) is 12.0 Å². The van der Waals surface area contributed by atoms with Gasteiger partial charge in [0.25, 0.3) is 0 Å². The van der Waals surface area contributed by atoms with Gasteiger partial charge < -0.3 is 5.32 Å². The van der Waals surface area contributed by atoms with Gasteiger partial charge in [-0.15, -0.1) is 0 Å². The predicted octanol–water partition coefficient (Wildman–Crippen LogP) is 3.96. The first-order valence-corrected chi connectivity index (χ1v) is 6.45. The second-order valence-electron chi connectivity index (χ2n) is 5.27. The largest absolute Gasteiger partial charge is 0.305 e. The molecule has 1 aromatic carbocycles. The third-order valence-corrected chi connectivity index (χ3v) is 3.90. The van der Waals surface area contributed by atoms with E-state index < -0.39 is 0 Å². The van der Waals surface area contributed by atoms with E-state index in [0.29, 0.717) is 12.0 Å². The maximum Gasteiger partial charge on any atom is 0.0438 e. The van der Waals surface area contributed by atoms with Gasteiger partial charge in [0.05, 0.1) is 0 Å². The van der Waals surface area contributed by atoms with Crippen LogP contribution in [0.1, 0.15) is 39.2 Å². The minimum atomic E-state index is 0.230. The fraction of sp³-hybridized carbons (Fsp3) is 0.571. The van der Waals surface area contributed by atoms with Crippen LogP contribution in [-0.2, 0) is 5.54 Å². The van der Waals surface area contributed by atoms with Gasteiger partial charge in [-0.1, -0.05) is 37.6 Å². The lowest BCUT2D eigenvalue weighted by Crippen LogP contribution is -2.39. The fourth-order valence-electron chi connectivity index (χ4n) is 2.01. The smallest absolute Gasteiger partial charge is 0.0438 e. The van der Waals surface area contributed by atoms with Crippen molar-refractivity contribution in [1.82, 2.24) is 5.32 Å². The minimum Gasteiger partial charge on any atom is -0.305 e. The Morgan fingerprint density at radius 2 is 1.69 bits per heavy atom. The summed E-state index contributed by atoms with van der Waals surface area (Å²) in [6.07, 6.45) is 2.48. The molecule has 0 aliphatic heterocycles. The van der Waals surface area contributed by atoms with Gasteiger partial charge in [-0.3, -0.25) is 0 Å². The maximum atomic E-state index is 5.92. The molecule has 88 valence electrons. The number of hydrogen-bond acceptors (Lipinski definition) is 1. The molecule has 1 N–H and O–H groups in total. The molecule has 0 spiro atoms. The first-order valence-electron chi connectivity index (χ1n) is 6.07. The molecule has 1 aliphatic rings. The quantitative estimate of drug-likeness (QED) is 0.836. The van der Waals surface area contributed by atoms with Gasteiger partial charge >= 0.3 is 0 Å². The Hall–Kier alpha value is -0.530. The Kier molecular flexibility index (Phi) is 3.27. The van der Waals surface area contributed by atoms with Crippen molar-refractivity contribution >= 4 is 11.6 Å². The van der Waals surface area contributed by atoms with Gasteiger partial charge in [-0.2, -0.15) is 0 Å². The van der Waals surface area contributed by atoms with Crippen molar-refractivity contribution in [1.29, 1.82) is 0 Å². The first-order chi connectivity index (χ1) is 7.53. The van der Waals surface area contributed by atoms with Crippen LogP contribution in [0.25, 0.3) is 0 Å². The Bertz CT molecular complexity index is 352. The van der Waals surface area contributed by atoms with E-state index in [9.17, 15) is 0 Å². The lowest BCUT2D eigenvalue weighted by molar-refractivity contribution is 0.363. The van der Waals surface area contributed by atoms with Crippen LogP contribution in [0.15, 0.2) is 24.3 Å². The highest BCUT2D eigenvalue weighted by Gasteiger charge is 2.44. The molecule has 0 bridgehead atoms. The highest BCUT2D eigenvalue weighted by Crippen LogP contribution is 2.46. The molecule has 1 atom stereocenters. The van der Waals surface area contributed by atoms with Crippen LogP contribution in [0.3, 0.4) is 0 Å². The van der Waals surface area contributed by atoms with E-state index in [-0.39, 0.29) is 5.54 Å². The third kappa shape index (κ3) is 2.41. The van der Waals surface area contributed by atoms with E-state index in [4.69, 9.17) is 11.6 Å². The van der Waals surface area contributed by atoms with E-state index in [1.165, 1.54) is 18.4 Å². The number of benzene rings is 1. The summed E-state index contributed by atoms with van der Waals surface area (Å²) >= 11 is 5.92. The lowest BCUT2D eigenvalue weighted by Gasteiger charge is -2.26. The van der Waals surface area contributed by atoms with Gasteiger partial charge in [0.15, 0.2) is 0 Å². The Balaban J connectivity index is 2.11. The normalized spacial score (nSPS) is 19.8. The second-order valence-corrected chi connectivity index (χ2v) is 5.70. The molecule has 1 unspecified atom stereocenters. The molecule has 0 radical (unpaired) electrons. The lowest BCUT2D eigenvalue weighted by atomic mass is 10.00. The first kappa shape index (κ1) is 11.9. The monoisotopic (exact) mass is 237 g/mol. The van der Waals surface area contributed by atoms with E-state index in [1.807, 2.05) is 12.1 Å². The van der Waals surface area contributed by atoms with Crippen molar-refractivity contribution in [3.63, 3.8) is 0 Å². The average Bonchev–Trinajstić information content (AvgIpc) is 2.99. The summed E-state index contributed by atoms with van der Waals surface area (Å²) in [6.45, 7) is 6.78. The van der Waals surface area contributed by atoms with Crippen LogP contribution in [0.5, 0.6) is 0 Å². The number of nitrogens with one attached hydrogen (secondary N) is 1. The van der Waals surface area contributed by atoms with E-state index in [0.717, 1.165) is 5.02 Å². The van der Waals surface area contributed by atoms with Gasteiger partial charge in [0, 0.05) is 16.6 Å². The zero-order valence-electron chi connectivity index (χ0n) is 10.3. The van der Waals surface area contributed by atoms with Gasteiger partial charge in [0.1, 0.15) is 0 Å². The third-order valence-electron chi connectivity index (χ3n) is 3.65. The van der Waals surface area contributed by atoms with E-state index >= 15 is 0 Å². The molecule has 0 saturated heterocycles. The zero-order valence-corrected chi connectivity index (χ0v) is 11.0. The standard InChI is InChI=1S/C14H20ClN/c1-10(2)11(3)16-14(8-9-14)12-4-6-13(15)7-5-12/h4-7,10-11,16H,8-9H2,1-3H3. The maximum absolute atomic E-state index is 5.92. The van der Waals surface area contributed by atoms with Gasteiger partial charge in [0.2, 0.25) is 0 Å². The Labute approximate surface area is 103 Å². The fourth-order valence-corrected chi connectivity index (χ4v) is 2.14. The van der Waals surface area contributed by atoms with Crippen molar-refractivity contribution in [2.75, 3.05) is 0 Å². The molecule has 2 heteroatoms. The summed E-state index contributed by atoms with van der Waals surface area (Å²) in [6, 6.07) is 8.82. The van der Waals surface area contributed by atoms with Crippen LogP contribution in [0.4, 0.5) is 0 Å². The summed E-state index contributed by atoms with van der Waals surface area (Å²) in [5.41, 5.74) is 1.61. The molecule has 16 heavy (non-hydrogen) atoms. The number of halogens is 1. The van der Waals surface area contributed by atoms with Crippen LogP contribution in [0.2, 0.25) is 5.02 Å². The Morgan fingerprint density at radius 3 is 2.12 bits per heavy atom. The summed E-state index contributed by atoms with van der Waals surface area (Å²) in [7, 11) is 0. The summed E-state index contributed by atoms with van der Waals surface area (Å²) < 4.78 is 0. The molecule has 1 saturated carbocycles. The van der Waals surface area contributed by atoms with Crippen LogP contribution >= 0.6 is 11.6 Å². The predicted molar refractivity (Wildman–Crippen MR) is 69.8 cm³/mol. The van der Waals surface area contributed by atoms with Crippen LogP contribution in [0, 0.1) is 5.92 Å². The van der Waals surface area contributed by atoms with Crippen molar-refractivity contribution in [2.24, 2.45) is 5.92 Å². The highest BCUT2D eigenvalue weighted by atomic mass is 35.5. The van der Waals surface area contributed by atoms with E-state index in [1.54, 1.807) is 0 Å². The van der Waals surface area contributed by atoms with Gasteiger partial charge in [-0.25, -0.2) is 0 Å². The van der Waals surface area contributed by atoms with Gasteiger partial charge in [-0.05, 0) is 43.4 Å². The number of hydrogen-bond donors (Lipinski definition) is 1. The Morgan fingerprint density at radius 1 is 1.12 bits per heavy atom. The zero-order chi connectivity index (χ0) is 11.8. The minimum absolute atomic E-state index is 0.230. The molecule has 1 aromatic rings. The average molecular weight is 238 g/mol. The molecule has 1 fully saturated rings. The molecule has 1 aliphatic carbocycles. The summed E-state index contributed by atoms with van der Waals surface area (Å²) in [4.78, 5) is 0. The van der Waals surface area contributed by atoms with E-state index in [2.05, 4.69) is 38.2 Å². The molecule has 2 rings (SSSR count).